The second-order valence-corrected chi connectivity index (χ2v) is 9.09. The number of hydrogen-bond donors (Lipinski definition) is 1. The number of benzene rings is 2. The molecule has 0 spiro atoms. The van der Waals surface area contributed by atoms with Gasteiger partial charge in [0, 0.05) is 34.1 Å². The van der Waals surface area contributed by atoms with Gasteiger partial charge in [0.25, 0.3) is 5.91 Å². The first kappa shape index (κ1) is 23.9. The second kappa shape index (κ2) is 10.2. The third-order valence-electron chi connectivity index (χ3n) is 5.44. The fourth-order valence-corrected chi connectivity index (χ4v) is 3.78. The van der Waals surface area contributed by atoms with E-state index in [1.54, 1.807) is 50.4 Å². The zero-order chi connectivity index (χ0) is 23.3. The fourth-order valence-electron chi connectivity index (χ4n) is 3.53. The molecule has 3 aromatic rings. The lowest BCUT2D eigenvalue weighted by Crippen LogP contribution is -2.48. The number of halogens is 2. The number of nitrogens with zero attached hydrogens (tertiary/aromatic N) is 1. The minimum absolute atomic E-state index is 0.0234. The van der Waals surface area contributed by atoms with Gasteiger partial charge in [0.05, 0.1) is 0 Å². The van der Waals surface area contributed by atoms with Crippen LogP contribution in [0, 0.1) is 5.21 Å². The summed E-state index contributed by atoms with van der Waals surface area (Å²) in [6.07, 6.45) is 2.98. The Morgan fingerprint density at radius 1 is 1.03 bits per heavy atom. The zero-order valence-corrected chi connectivity index (χ0v) is 19.7. The van der Waals surface area contributed by atoms with Crippen LogP contribution in [0.15, 0.2) is 73.1 Å². The Balaban J connectivity index is 1.77. The average Bonchev–Trinajstić information content (AvgIpc) is 2.75. The Morgan fingerprint density at radius 2 is 1.62 bits per heavy atom. The first-order valence-corrected chi connectivity index (χ1v) is 11.1. The molecule has 0 radical (unpaired) electrons. The lowest BCUT2D eigenvalue weighted by atomic mass is 9.83. The van der Waals surface area contributed by atoms with Gasteiger partial charge < -0.3 is 15.3 Å². The lowest BCUT2D eigenvalue weighted by Gasteiger charge is -2.29. The molecular weight excluding hydrogens is 447 g/mol. The van der Waals surface area contributed by atoms with Crippen LogP contribution >= 0.6 is 23.2 Å². The van der Waals surface area contributed by atoms with Crippen LogP contribution in [0.2, 0.25) is 10.0 Å². The molecule has 1 N–H and O–H groups in total. The highest BCUT2D eigenvalue weighted by atomic mass is 35.5. The third-order valence-corrected chi connectivity index (χ3v) is 5.95. The molecule has 0 saturated heterocycles. The van der Waals surface area contributed by atoms with Gasteiger partial charge >= 0.3 is 0 Å². The van der Waals surface area contributed by atoms with Gasteiger partial charge in [-0.15, -0.1) is 0 Å². The Morgan fingerprint density at radius 3 is 2.22 bits per heavy atom. The monoisotopic (exact) mass is 472 g/mol. The molecule has 1 heterocycles. The highest BCUT2D eigenvalue weighted by Crippen LogP contribution is 2.32. The maximum Gasteiger partial charge on any atom is 0.263 e. The quantitative estimate of drug-likeness (QED) is 0.348. The summed E-state index contributed by atoms with van der Waals surface area (Å²) in [4.78, 5) is 13.0. The van der Waals surface area contributed by atoms with Crippen molar-refractivity contribution >= 4 is 29.1 Å². The number of amides is 1. The van der Waals surface area contributed by atoms with Crippen LogP contribution < -0.4 is 14.8 Å². The van der Waals surface area contributed by atoms with E-state index in [1.807, 2.05) is 30.3 Å². The first-order valence-electron chi connectivity index (χ1n) is 10.3. The van der Waals surface area contributed by atoms with Crippen molar-refractivity contribution in [1.29, 1.82) is 0 Å². The summed E-state index contributed by atoms with van der Waals surface area (Å²) in [6, 6.07) is 18.1. The van der Waals surface area contributed by atoms with Gasteiger partial charge in [-0.25, -0.2) is 0 Å². The predicted octanol–water partition coefficient (Wildman–Crippen LogP) is 5.49. The number of rotatable bonds is 8. The van der Waals surface area contributed by atoms with Gasteiger partial charge in [-0.1, -0.05) is 42.3 Å². The standard InChI is InChI=1S/C25H26Cl2N2O3/c1-17(18-6-8-20(26)9-7-18)23(19-5-4-14-29(31)16-19)15-28-24(30)25(2,3)32-22-12-10-21(27)11-13-22/h4-14,16-17,23H,15H2,1-3H3,(H,28,30). The minimum atomic E-state index is -1.10. The van der Waals surface area contributed by atoms with E-state index in [9.17, 15) is 10.0 Å². The molecule has 0 bridgehead atoms. The molecule has 168 valence electrons. The molecular formula is C25H26Cl2N2O3. The summed E-state index contributed by atoms with van der Waals surface area (Å²) in [5.74, 6) is 0.186. The summed E-state index contributed by atoms with van der Waals surface area (Å²) in [7, 11) is 0. The molecule has 0 aliphatic carbocycles. The Labute approximate surface area is 198 Å². The van der Waals surface area contributed by atoms with Crippen molar-refractivity contribution in [3.8, 4) is 5.75 Å². The number of pyridine rings is 1. The number of hydrogen-bond acceptors (Lipinski definition) is 3. The van der Waals surface area contributed by atoms with E-state index in [4.69, 9.17) is 27.9 Å². The van der Waals surface area contributed by atoms with Crippen LogP contribution in [0.1, 0.15) is 43.7 Å². The molecule has 2 unspecified atom stereocenters. The lowest BCUT2D eigenvalue weighted by molar-refractivity contribution is -0.606. The molecule has 0 aliphatic rings. The summed E-state index contributed by atoms with van der Waals surface area (Å²) in [6.45, 7) is 5.82. The molecule has 2 aromatic carbocycles. The van der Waals surface area contributed by atoms with Gasteiger partial charge in [-0.05, 0) is 67.8 Å². The molecule has 1 aromatic heterocycles. The maximum atomic E-state index is 13.0. The van der Waals surface area contributed by atoms with E-state index < -0.39 is 5.60 Å². The first-order chi connectivity index (χ1) is 15.2. The number of carbonyl (C=O) groups excluding carboxylic acids is 1. The van der Waals surface area contributed by atoms with E-state index in [1.165, 1.54) is 6.20 Å². The third kappa shape index (κ3) is 6.15. The molecule has 1 amide bonds. The highest BCUT2D eigenvalue weighted by Gasteiger charge is 2.32. The smallest absolute Gasteiger partial charge is 0.263 e. The van der Waals surface area contributed by atoms with Gasteiger partial charge in [0.2, 0.25) is 0 Å². The highest BCUT2D eigenvalue weighted by molar-refractivity contribution is 6.30. The van der Waals surface area contributed by atoms with Crippen molar-refractivity contribution in [2.45, 2.75) is 38.2 Å². The van der Waals surface area contributed by atoms with E-state index in [-0.39, 0.29) is 17.7 Å². The molecule has 32 heavy (non-hydrogen) atoms. The van der Waals surface area contributed by atoms with E-state index in [2.05, 4.69) is 12.2 Å². The SMILES string of the molecule is CC(c1ccc(Cl)cc1)C(CNC(=O)C(C)(C)Oc1ccc(Cl)cc1)c1ccc[n+]([O-])c1. The van der Waals surface area contributed by atoms with E-state index in [0.717, 1.165) is 15.9 Å². The molecule has 0 fully saturated rings. The van der Waals surface area contributed by atoms with Crippen molar-refractivity contribution in [2.75, 3.05) is 6.54 Å². The van der Waals surface area contributed by atoms with Crippen molar-refractivity contribution in [3.63, 3.8) is 0 Å². The van der Waals surface area contributed by atoms with E-state index in [0.29, 0.717) is 22.3 Å². The number of ether oxygens (including phenoxy) is 1. The van der Waals surface area contributed by atoms with E-state index >= 15 is 0 Å². The van der Waals surface area contributed by atoms with Crippen molar-refractivity contribution in [2.24, 2.45) is 0 Å². The molecule has 5 nitrogen and oxygen atoms in total. The van der Waals surface area contributed by atoms with Crippen LogP contribution in [0.5, 0.6) is 5.75 Å². The second-order valence-electron chi connectivity index (χ2n) is 8.22. The molecule has 2 atom stereocenters. The number of aromatic nitrogens is 1. The zero-order valence-electron chi connectivity index (χ0n) is 18.2. The summed E-state index contributed by atoms with van der Waals surface area (Å²) >= 11 is 12.0. The minimum Gasteiger partial charge on any atom is -0.619 e. The molecule has 0 saturated carbocycles. The Hall–Kier alpha value is -2.76. The summed E-state index contributed by atoms with van der Waals surface area (Å²) in [5, 5.41) is 16.2. The molecule has 0 aliphatic heterocycles. The predicted molar refractivity (Wildman–Crippen MR) is 127 cm³/mol. The van der Waals surface area contributed by atoms with Gasteiger partial charge in [0.15, 0.2) is 18.0 Å². The van der Waals surface area contributed by atoms with Crippen LogP contribution in [-0.4, -0.2) is 18.1 Å². The van der Waals surface area contributed by atoms with Crippen molar-refractivity contribution < 1.29 is 14.3 Å². The average molecular weight is 473 g/mol. The van der Waals surface area contributed by atoms with Crippen molar-refractivity contribution in [3.05, 3.63) is 99.4 Å². The Bertz CT molecular complexity index is 1050. The summed E-state index contributed by atoms with van der Waals surface area (Å²) < 4.78 is 6.66. The summed E-state index contributed by atoms with van der Waals surface area (Å²) in [5.41, 5.74) is 0.796. The normalized spacial score (nSPS) is 13.3. The fraction of sp³-hybridized carbons (Fsp3) is 0.280. The largest absolute Gasteiger partial charge is 0.619 e. The topological polar surface area (TPSA) is 65.3 Å². The maximum absolute atomic E-state index is 13.0. The molecule has 7 heteroatoms. The Kier molecular flexibility index (Phi) is 7.64. The van der Waals surface area contributed by atoms with Gasteiger partial charge in [-0.3, -0.25) is 4.79 Å². The van der Waals surface area contributed by atoms with Crippen LogP contribution in [-0.2, 0) is 4.79 Å². The van der Waals surface area contributed by atoms with Crippen LogP contribution in [0.25, 0.3) is 0 Å². The number of carbonyl (C=O) groups is 1. The van der Waals surface area contributed by atoms with Crippen LogP contribution in [0.4, 0.5) is 0 Å². The molecule has 3 rings (SSSR count). The van der Waals surface area contributed by atoms with Crippen LogP contribution in [0.3, 0.4) is 0 Å². The van der Waals surface area contributed by atoms with Gasteiger partial charge in [0.1, 0.15) is 5.75 Å². The number of nitrogens with one attached hydrogen (secondary N) is 1. The van der Waals surface area contributed by atoms with Gasteiger partial charge in [-0.2, -0.15) is 4.73 Å². The van der Waals surface area contributed by atoms with Crippen molar-refractivity contribution in [1.82, 2.24) is 5.32 Å².